The molecule has 0 saturated heterocycles. The summed E-state index contributed by atoms with van der Waals surface area (Å²) in [5.41, 5.74) is 0. The quantitative estimate of drug-likeness (QED) is 0.489. The Balaban J connectivity index is 0. The topological polar surface area (TPSA) is 44.8 Å². The van der Waals surface area contributed by atoms with Crippen LogP contribution in [-0.4, -0.2) is 32.1 Å². The van der Waals surface area contributed by atoms with Gasteiger partial charge >= 0.3 is 5.97 Å². The molecule has 0 saturated carbocycles. The van der Waals surface area contributed by atoms with E-state index in [9.17, 15) is 4.79 Å². The molecule has 0 aromatic carbocycles. The third-order valence-corrected chi connectivity index (χ3v) is 2.02. The largest absolute Gasteiger partial charge is 0.463 e. The molecule has 0 aromatic heterocycles. The normalized spacial score (nSPS) is 13.3. The van der Waals surface area contributed by atoms with Crippen LogP contribution in [0.3, 0.4) is 0 Å². The number of esters is 1. The van der Waals surface area contributed by atoms with E-state index in [1.165, 1.54) is 6.92 Å². The van der Waals surface area contributed by atoms with Crippen molar-refractivity contribution < 1.29 is 19.0 Å². The van der Waals surface area contributed by atoms with E-state index >= 15 is 0 Å². The van der Waals surface area contributed by atoms with Gasteiger partial charge in [-0.1, -0.05) is 34.1 Å². The maximum absolute atomic E-state index is 10.7. The van der Waals surface area contributed by atoms with Gasteiger partial charge in [0.2, 0.25) is 0 Å². The molecular formula is C13H28O4. The molecule has 104 valence electrons. The molecule has 0 amide bonds. The highest BCUT2D eigenvalue weighted by atomic mass is 16.7. The number of methoxy groups -OCH3 is 1. The van der Waals surface area contributed by atoms with Gasteiger partial charge in [0.1, 0.15) is 6.61 Å². The molecule has 0 aliphatic carbocycles. The summed E-state index contributed by atoms with van der Waals surface area (Å²) in [5, 5.41) is 0. The van der Waals surface area contributed by atoms with Crippen molar-refractivity contribution in [3.05, 3.63) is 0 Å². The minimum atomic E-state index is -0.273. The number of ether oxygens (including phenoxy) is 3. The van der Waals surface area contributed by atoms with Crippen molar-refractivity contribution in [1.82, 2.24) is 0 Å². The predicted octanol–water partition coefficient (Wildman–Crippen LogP) is 3.14. The van der Waals surface area contributed by atoms with Gasteiger partial charge in [-0.15, -0.1) is 0 Å². The van der Waals surface area contributed by atoms with Crippen molar-refractivity contribution in [1.29, 1.82) is 0 Å². The van der Waals surface area contributed by atoms with E-state index in [1.807, 2.05) is 20.8 Å². The van der Waals surface area contributed by atoms with Gasteiger partial charge in [-0.2, -0.15) is 0 Å². The van der Waals surface area contributed by atoms with E-state index in [-0.39, 0.29) is 18.4 Å². The van der Waals surface area contributed by atoms with E-state index in [4.69, 9.17) is 14.2 Å². The van der Waals surface area contributed by atoms with Gasteiger partial charge in [-0.05, 0) is 12.8 Å². The smallest absolute Gasteiger partial charge is 0.302 e. The highest BCUT2D eigenvalue weighted by Gasteiger charge is 2.15. The van der Waals surface area contributed by atoms with Crippen LogP contribution in [-0.2, 0) is 19.0 Å². The molecule has 0 spiro atoms. The van der Waals surface area contributed by atoms with Gasteiger partial charge in [0.05, 0.1) is 6.10 Å². The maximum Gasteiger partial charge on any atom is 0.302 e. The Morgan fingerprint density at radius 3 is 2.18 bits per heavy atom. The minimum absolute atomic E-state index is 0.0659. The molecule has 0 aliphatic heterocycles. The summed E-state index contributed by atoms with van der Waals surface area (Å²) < 4.78 is 15.7. The molecular weight excluding hydrogens is 220 g/mol. The van der Waals surface area contributed by atoms with Crippen molar-refractivity contribution >= 4 is 5.97 Å². The fraction of sp³-hybridized carbons (Fsp3) is 0.923. The van der Waals surface area contributed by atoms with Crippen molar-refractivity contribution in [2.45, 2.75) is 66.3 Å². The van der Waals surface area contributed by atoms with E-state index in [1.54, 1.807) is 7.11 Å². The summed E-state index contributed by atoms with van der Waals surface area (Å²) in [6, 6.07) is 0. The lowest BCUT2D eigenvalue weighted by Crippen LogP contribution is -2.28. The predicted molar refractivity (Wildman–Crippen MR) is 68.9 cm³/mol. The van der Waals surface area contributed by atoms with Crippen LogP contribution in [0.1, 0.15) is 53.9 Å². The van der Waals surface area contributed by atoms with Crippen LogP contribution in [0.25, 0.3) is 0 Å². The Bertz CT molecular complexity index is 167. The molecule has 0 radical (unpaired) electrons. The maximum atomic E-state index is 10.7. The second-order valence-corrected chi connectivity index (χ2v) is 3.42. The molecule has 2 atom stereocenters. The molecule has 0 rings (SSSR count). The van der Waals surface area contributed by atoms with Crippen molar-refractivity contribution in [3.8, 4) is 0 Å². The van der Waals surface area contributed by atoms with Gasteiger partial charge in [0.25, 0.3) is 0 Å². The molecule has 0 aromatic rings. The van der Waals surface area contributed by atoms with Crippen LogP contribution in [0.5, 0.6) is 0 Å². The van der Waals surface area contributed by atoms with E-state index in [0.717, 1.165) is 19.3 Å². The molecule has 0 heterocycles. The number of hydrogen-bond donors (Lipinski definition) is 0. The lowest BCUT2D eigenvalue weighted by molar-refractivity contribution is -0.177. The molecule has 0 bridgehead atoms. The number of carbonyl (C=O) groups is 1. The van der Waals surface area contributed by atoms with Gasteiger partial charge in [0.15, 0.2) is 6.29 Å². The van der Waals surface area contributed by atoms with E-state index < -0.39 is 0 Å². The molecule has 0 fully saturated rings. The molecule has 17 heavy (non-hydrogen) atoms. The first-order valence-corrected chi connectivity index (χ1v) is 6.45. The van der Waals surface area contributed by atoms with Gasteiger partial charge in [0, 0.05) is 14.0 Å². The average Bonchev–Trinajstić information content (AvgIpc) is 2.35. The van der Waals surface area contributed by atoms with Crippen LogP contribution in [0.2, 0.25) is 0 Å². The third-order valence-electron chi connectivity index (χ3n) is 2.02. The first kappa shape index (κ1) is 18.7. The summed E-state index contributed by atoms with van der Waals surface area (Å²) in [6.07, 6.45) is 2.37. The Hall–Kier alpha value is -0.610. The Morgan fingerprint density at radius 1 is 1.24 bits per heavy atom. The van der Waals surface area contributed by atoms with E-state index in [2.05, 4.69) is 6.92 Å². The van der Waals surface area contributed by atoms with Gasteiger partial charge < -0.3 is 14.2 Å². The summed E-state index contributed by atoms with van der Waals surface area (Å²) in [7, 11) is 1.61. The monoisotopic (exact) mass is 248 g/mol. The average molecular weight is 248 g/mol. The fourth-order valence-corrected chi connectivity index (χ4v) is 1.26. The second-order valence-electron chi connectivity index (χ2n) is 3.42. The molecule has 4 nitrogen and oxygen atoms in total. The number of rotatable bonds is 8. The zero-order chi connectivity index (χ0) is 13.7. The van der Waals surface area contributed by atoms with E-state index in [0.29, 0.717) is 6.61 Å². The van der Waals surface area contributed by atoms with Crippen LogP contribution in [0.4, 0.5) is 0 Å². The highest BCUT2D eigenvalue weighted by Crippen LogP contribution is 2.09. The van der Waals surface area contributed by atoms with Crippen molar-refractivity contribution in [2.24, 2.45) is 0 Å². The highest BCUT2D eigenvalue weighted by molar-refractivity contribution is 5.65. The van der Waals surface area contributed by atoms with Crippen molar-refractivity contribution in [2.75, 3.05) is 13.7 Å². The van der Waals surface area contributed by atoms with Gasteiger partial charge in [-0.3, -0.25) is 4.79 Å². The second kappa shape index (κ2) is 13.5. The number of carbonyl (C=O) groups excluding carboxylic acids is 1. The summed E-state index contributed by atoms with van der Waals surface area (Å²) in [6.45, 7) is 9.76. The van der Waals surface area contributed by atoms with Crippen LogP contribution in [0.15, 0.2) is 0 Å². The minimum Gasteiger partial charge on any atom is -0.463 e. The van der Waals surface area contributed by atoms with Crippen LogP contribution in [0, 0.1) is 0 Å². The first-order chi connectivity index (χ1) is 8.13. The zero-order valence-corrected chi connectivity index (χ0v) is 12.1. The number of hydrogen-bond acceptors (Lipinski definition) is 4. The lowest BCUT2D eigenvalue weighted by atomic mass is 10.2. The fourth-order valence-electron chi connectivity index (χ4n) is 1.26. The SMILES string of the molecule is CC.CCCC(COC(C)=O)OC(CC)OC. The Morgan fingerprint density at radius 2 is 1.82 bits per heavy atom. The standard InChI is InChI=1S/C11H22O4.C2H6/c1-5-7-10(8-14-9(3)12)15-11(6-2)13-4;1-2/h10-11H,5-8H2,1-4H3;1-2H3. The Labute approximate surface area is 106 Å². The van der Waals surface area contributed by atoms with Crippen LogP contribution >= 0.6 is 0 Å². The summed E-state index contributed by atoms with van der Waals surface area (Å²) in [5.74, 6) is -0.273. The summed E-state index contributed by atoms with van der Waals surface area (Å²) in [4.78, 5) is 10.7. The lowest BCUT2D eigenvalue weighted by Gasteiger charge is -2.22. The van der Waals surface area contributed by atoms with Gasteiger partial charge in [-0.25, -0.2) is 0 Å². The van der Waals surface area contributed by atoms with Crippen LogP contribution < -0.4 is 0 Å². The first-order valence-electron chi connectivity index (χ1n) is 6.45. The molecule has 2 unspecified atom stereocenters. The molecule has 0 aliphatic rings. The molecule has 4 heteroatoms. The third kappa shape index (κ3) is 11.6. The Kier molecular flexibility index (Phi) is 14.8. The van der Waals surface area contributed by atoms with Crippen molar-refractivity contribution in [3.63, 3.8) is 0 Å². The summed E-state index contributed by atoms with van der Waals surface area (Å²) >= 11 is 0. The molecule has 0 N–H and O–H groups in total. The zero-order valence-electron chi connectivity index (χ0n) is 12.1.